The van der Waals surface area contributed by atoms with Crippen LogP contribution in [0.2, 0.25) is 5.02 Å². The van der Waals surface area contributed by atoms with Crippen molar-refractivity contribution in [2.75, 3.05) is 12.4 Å². The Morgan fingerprint density at radius 1 is 1.06 bits per heavy atom. The second-order valence-electron chi connectivity index (χ2n) is 7.35. The first-order valence-electron chi connectivity index (χ1n) is 9.82. The van der Waals surface area contributed by atoms with E-state index in [4.69, 9.17) is 16.3 Å². The number of ether oxygens (including phenoxy) is 1. The topological polar surface area (TPSA) is 77.4 Å². The monoisotopic (exact) mass is 468 g/mol. The Labute approximate surface area is 191 Å². The van der Waals surface area contributed by atoms with Crippen molar-refractivity contribution in [1.82, 2.24) is 4.57 Å². The number of aryl methyl sites for hydroxylation is 1. The summed E-state index contributed by atoms with van der Waals surface area (Å²) in [6.45, 7) is 1.86. The predicted octanol–water partition coefficient (Wildman–Crippen LogP) is 5.08. The van der Waals surface area contributed by atoms with E-state index in [1.165, 1.54) is 37.6 Å². The number of fused-ring (bicyclic) bond motifs is 1. The summed E-state index contributed by atoms with van der Waals surface area (Å²) in [7, 11) is -2.27. The number of carbonyl (C=O) groups is 1. The van der Waals surface area contributed by atoms with E-state index in [0.29, 0.717) is 27.4 Å². The van der Waals surface area contributed by atoms with Crippen LogP contribution in [0.4, 0.5) is 5.69 Å². The largest absolute Gasteiger partial charge is 0.495 e. The normalized spacial score (nSPS) is 11.5. The number of rotatable bonds is 6. The highest BCUT2D eigenvalue weighted by Gasteiger charge is 2.24. The number of hydrogen-bond acceptors (Lipinski definition) is 4. The molecule has 1 aromatic heterocycles. The molecule has 0 saturated heterocycles. The van der Waals surface area contributed by atoms with Crippen molar-refractivity contribution in [2.24, 2.45) is 0 Å². The number of para-hydroxylation sites is 1. The number of amides is 1. The summed E-state index contributed by atoms with van der Waals surface area (Å²) in [4.78, 5) is 13.1. The van der Waals surface area contributed by atoms with Crippen molar-refractivity contribution in [3.8, 4) is 5.75 Å². The maximum absolute atomic E-state index is 13.3. The van der Waals surface area contributed by atoms with E-state index in [-0.39, 0.29) is 22.2 Å². The van der Waals surface area contributed by atoms with Gasteiger partial charge in [0.1, 0.15) is 12.3 Å². The average molecular weight is 469 g/mol. The van der Waals surface area contributed by atoms with Crippen LogP contribution in [-0.4, -0.2) is 26.0 Å². The molecule has 32 heavy (non-hydrogen) atoms. The van der Waals surface area contributed by atoms with Crippen molar-refractivity contribution in [1.29, 1.82) is 0 Å². The van der Waals surface area contributed by atoms with Gasteiger partial charge in [0.25, 0.3) is 0 Å². The van der Waals surface area contributed by atoms with Gasteiger partial charge < -0.3 is 14.6 Å². The predicted molar refractivity (Wildman–Crippen MR) is 125 cm³/mol. The van der Waals surface area contributed by atoms with Crippen LogP contribution in [0.15, 0.2) is 82.7 Å². The van der Waals surface area contributed by atoms with Gasteiger partial charge >= 0.3 is 0 Å². The Morgan fingerprint density at radius 2 is 1.78 bits per heavy atom. The molecule has 6 nitrogen and oxygen atoms in total. The molecule has 0 aliphatic heterocycles. The van der Waals surface area contributed by atoms with E-state index in [1.54, 1.807) is 34.9 Å². The fourth-order valence-corrected chi connectivity index (χ4v) is 5.17. The van der Waals surface area contributed by atoms with E-state index in [1.807, 2.05) is 19.1 Å². The average Bonchev–Trinajstić information content (AvgIpc) is 3.13. The number of halogens is 1. The number of anilines is 1. The first-order chi connectivity index (χ1) is 15.3. The zero-order chi connectivity index (χ0) is 22.9. The number of hydrogen-bond donors (Lipinski definition) is 1. The van der Waals surface area contributed by atoms with Gasteiger partial charge in [0.2, 0.25) is 15.7 Å². The molecule has 0 spiro atoms. The summed E-state index contributed by atoms with van der Waals surface area (Å²) < 4.78 is 33.5. The van der Waals surface area contributed by atoms with Crippen LogP contribution in [0.3, 0.4) is 0 Å². The molecule has 0 radical (unpaired) electrons. The summed E-state index contributed by atoms with van der Waals surface area (Å²) >= 11 is 5.91. The molecule has 164 valence electrons. The Hall–Kier alpha value is -3.29. The van der Waals surface area contributed by atoms with Gasteiger partial charge in [0, 0.05) is 22.1 Å². The number of benzene rings is 3. The fraction of sp³-hybridized carbons (Fsp3) is 0.125. The van der Waals surface area contributed by atoms with E-state index >= 15 is 0 Å². The summed E-state index contributed by atoms with van der Waals surface area (Å²) in [6, 6.07) is 18.6. The van der Waals surface area contributed by atoms with E-state index < -0.39 is 9.84 Å². The van der Waals surface area contributed by atoms with Gasteiger partial charge in [0.15, 0.2) is 0 Å². The molecule has 4 aromatic rings. The molecule has 8 heteroatoms. The Morgan fingerprint density at radius 3 is 2.50 bits per heavy atom. The standard InChI is InChI=1S/C24H21ClN2O4S/c1-16-7-12-22(31-2)20(13-16)26-24(28)15-27-14-23(19-5-3-4-6-21(19)27)32(29,30)18-10-8-17(25)9-11-18/h3-14H,15H2,1-2H3,(H,26,28). The summed E-state index contributed by atoms with van der Waals surface area (Å²) in [5.74, 6) is 0.248. The molecule has 3 aromatic carbocycles. The minimum absolute atomic E-state index is 0.0618. The quantitative estimate of drug-likeness (QED) is 0.428. The van der Waals surface area contributed by atoms with E-state index in [2.05, 4.69) is 5.32 Å². The molecule has 0 aliphatic carbocycles. The number of sulfone groups is 1. The summed E-state index contributed by atoms with van der Waals surface area (Å²) in [5.41, 5.74) is 2.18. The Balaban J connectivity index is 1.70. The third-order valence-electron chi connectivity index (χ3n) is 5.11. The molecule has 0 fully saturated rings. The molecule has 1 amide bonds. The Kier molecular flexibility index (Phi) is 5.95. The molecule has 0 unspecified atom stereocenters. The number of nitrogens with one attached hydrogen (secondary N) is 1. The van der Waals surface area contributed by atoms with Crippen molar-refractivity contribution in [2.45, 2.75) is 23.3 Å². The van der Waals surface area contributed by atoms with Gasteiger partial charge in [-0.1, -0.05) is 35.9 Å². The first-order valence-corrected chi connectivity index (χ1v) is 11.7. The molecule has 0 saturated carbocycles. The SMILES string of the molecule is COc1ccc(C)cc1NC(=O)Cn1cc(S(=O)(=O)c2ccc(Cl)cc2)c2ccccc21. The van der Waals surface area contributed by atoms with Crippen LogP contribution in [0.1, 0.15) is 5.56 Å². The van der Waals surface area contributed by atoms with Gasteiger partial charge in [-0.05, 0) is 55.0 Å². The van der Waals surface area contributed by atoms with Gasteiger partial charge in [0.05, 0.1) is 22.6 Å². The maximum atomic E-state index is 13.3. The van der Waals surface area contributed by atoms with Crippen LogP contribution in [0.25, 0.3) is 10.9 Å². The van der Waals surface area contributed by atoms with Crippen LogP contribution < -0.4 is 10.1 Å². The lowest BCUT2D eigenvalue weighted by molar-refractivity contribution is -0.116. The number of nitrogens with zero attached hydrogens (tertiary/aromatic N) is 1. The second kappa shape index (κ2) is 8.68. The lowest BCUT2D eigenvalue weighted by Gasteiger charge is -2.12. The third kappa shape index (κ3) is 4.22. The number of methoxy groups -OCH3 is 1. The first kappa shape index (κ1) is 21.9. The molecule has 0 atom stereocenters. The summed E-state index contributed by atoms with van der Waals surface area (Å²) in [6.07, 6.45) is 1.50. The van der Waals surface area contributed by atoms with Crippen molar-refractivity contribution in [3.05, 3.63) is 83.5 Å². The van der Waals surface area contributed by atoms with Crippen molar-refractivity contribution >= 4 is 43.9 Å². The van der Waals surface area contributed by atoms with Crippen LogP contribution in [0.5, 0.6) is 5.75 Å². The van der Waals surface area contributed by atoms with Crippen LogP contribution in [0, 0.1) is 6.92 Å². The fourth-order valence-electron chi connectivity index (χ4n) is 3.56. The number of carbonyl (C=O) groups excluding carboxylic acids is 1. The highest BCUT2D eigenvalue weighted by atomic mass is 35.5. The summed E-state index contributed by atoms with van der Waals surface area (Å²) in [5, 5.41) is 3.85. The third-order valence-corrected chi connectivity index (χ3v) is 7.16. The number of aromatic nitrogens is 1. The molecule has 1 N–H and O–H groups in total. The molecular formula is C24H21ClN2O4S. The van der Waals surface area contributed by atoms with E-state index in [0.717, 1.165) is 5.56 Å². The van der Waals surface area contributed by atoms with Gasteiger partial charge in [-0.2, -0.15) is 0 Å². The zero-order valence-corrected chi connectivity index (χ0v) is 19.1. The van der Waals surface area contributed by atoms with Crippen molar-refractivity contribution < 1.29 is 17.9 Å². The highest BCUT2D eigenvalue weighted by molar-refractivity contribution is 7.91. The minimum Gasteiger partial charge on any atom is -0.495 e. The zero-order valence-electron chi connectivity index (χ0n) is 17.5. The maximum Gasteiger partial charge on any atom is 0.244 e. The lowest BCUT2D eigenvalue weighted by Crippen LogP contribution is -2.18. The second-order valence-corrected chi connectivity index (χ2v) is 9.70. The van der Waals surface area contributed by atoms with E-state index in [9.17, 15) is 13.2 Å². The minimum atomic E-state index is -3.80. The highest BCUT2D eigenvalue weighted by Crippen LogP contribution is 2.31. The molecule has 0 bridgehead atoms. The lowest BCUT2D eigenvalue weighted by atomic mass is 10.2. The molecular weight excluding hydrogens is 448 g/mol. The molecule has 0 aliphatic rings. The van der Waals surface area contributed by atoms with Crippen molar-refractivity contribution in [3.63, 3.8) is 0 Å². The molecule has 1 heterocycles. The smallest absolute Gasteiger partial charge is 0.244 e. The van der Waals surface area contributed by atoms with Gasteiger partial charge in [-0.15, -0.1) is 0 Å². The van der Waals surface area contributed by atoms with Gasteiger partial charge in [-0.3, -0.25) is 4.79 Å². The Bertz CT molecular complexity index is 1410. The molecule has 4 rings (SSSR count). The van der Waals surface area contributed by atoms with Crippen LogP contribution in [-0.2, 0) is 21.2 Å². The van der Waals surface area contributed by atoms with Gasteiger partial charge in [-0.25, -0.2) is 8.42 Å². The van der Waals surface area contributed by atoms with Crippen LogP contribution >= 0.6 is 11.6 Å².